The molecule has 0 radical (unpaired) electrons. The maximum absolute atomic E-state index is 13.3. The zero-order valence-corrected chi connectivity index (χ0v) is 36.3. The summed E-state index contributed by atoms with van der Waals surface area (Å²) < 4.78 is 35.5. The number of alkyl carbamates (subject to hydrolysis) is 2. The van der Waals surface area contributed by atoms with E-state index in [1.807, 2.05) is 166 Å². The summed E-state index contributed by atoms with van der Waals surface area (Å²) in [5.74, 6) is 2.13. The molecular formula is C47H58N6O8. The van der Waals surface area contributed by atoms with Gasteiger partial charge in [-0.2, -0.15) is 0 Å². The van der Waals surface area contributed by atoms with E-state index in [9.17, 15) is 9.59 Å². The molecule has 0 aliphatic heterocycles. The molecule has 0 saturated heterocycles. The van der Waals surface area contributed by atoms with Crippen LogP contribution >= 0.6 is 0 Å². The van der Waals surface area contributed by atoms with Gasteiger partial charge in [0.1, 0.15) is 23.0 Å². The van der Waals surface area contributed by atoms with Gasteiger partial charge in [0, 0.05) is 92.2 Å². The van der Waals surface area contributed by atoms with Crippen LogP contribution in [0.15, 0.2) is 115 Å². The third kappa shape index (κ3) is 15.2. The van der Waals surface area contributed by atoms with Crippen LogP contribution in [0.25, 0.3) is 0 Å². The number of amides is 2. The lowest BCUT2D eigenvalue weighted by Crippen LogP contribution is -2.34. The first-order valence-corrected chi connectivity index (χ1v) is 19.9. The molecule has 14 heteroatoms. The van der Waals surface area contributed by atoms with Gasteiger partial charge in [0.05, 0.1) is 14.2 Å². The van der Waals surface area contributed by atoms with Gasteiger partial charge in [-0.3, -0.25) is 10.4 Å². The first kappa shape index (κ1) is 45.4. The van der Waals surface area contributed by atoms with E-state index in [2.05, 4.69) is 16.1 Å². The number of ether oxygens (including phenoxy) is 6. The Morgan fingerprint density at radius 1 is 0.475 bits per heavy atom. The Kier molecular flexibility index (Phi) is 16.9. The van der Waals surface area contributed by atoms with Crippen LogP contribution in [0.1, 0.15) is 27.8 Å². The van der Waals surface area contributed by atoms with E-state index in [4.69, 9.17) is 28.4 Å². The molecule has 0 aliphatic carbocycles. The summed E-state index contributed by atoms with van der Waals surface area (Å²) in [4.78, 5) is 30.6. The Balaban J connectivity index is 1.37. The number of benzene rings is 5. The van der Waals surface area contributed by atoms with Crippen molar-refractivity contribution in [3.8, 4) is 23.0 Å². The average molecular weight is 835 g/mol. The number of anilines is 2. The molecule has 2 atom stereocenters. The van der Waals surface area contributed by atoms with Crippen molar-refractivity contribution >= 4 is 23.6 Å². The van der Waals surface area contributed by atoms with Crippen LogP contribution in [0, 0.1) is 0 Å². The maximum Gasteiger partial charge on any atom is 0.410 e. The minimum absolute atomic E-state index is 0.229. The second-order valence-electron chi connectivity index (χ2n) is 14.9. The zero-order valence-electron chi connectivity index (χ0n) is 36.3. The maximum atomic E-state index is 13.3. The molecule has 3 N–H and O–H groups in total. The van der Waals surface area contributed by atoms with Gasteiger partial charge in [0.2, 0.25) is 12.6 Å². The van der Waals surface area contributed by atoms with Gasteiger partial charge >= 0.3 is 12.2 Å². The SMILES string of the molecule is COc1ccc(CC(OC(=O)NCc2ccc(N(C)C)cc2)Oc2cc(CNN(C)C)cc(OC(Cc3ccc(OC)cc3)OC(=O)NCc3ccc(N(C)C)cc3)c2)cc1. The van der Waals surface area contributed by atoms with E-state index in [1.165, 1.54) is 0 Å². The van der Waals surface area contributed by atoms with Gasteiger partial charge in [0.15, 0.2) is 0 Å². The predicted molar refractivity (Wildman–Crippen MR) is 237 cm³/mol. The molecule has 0 saturated carbocycles. The quantitative estimate of drug-likeness (QED) is 0.0512. The average Bonchev–Trinajstić information content (AvgIpc) is 3.25. The van der Waals surface area contributed by atoms with Gasteiger partial charge in [-0.1, -0.05) is 48.5 Å². The largest absolute Gasteiger partial charge is 0.497 e. The smallest absolute Gasteiger partial charge is 0.410 e. The van der Waals surface area contributed by atoms with Crippen LogP contribution in [0.5, 0.6) is 23.0 Å². The summed E-state index contributed by atoms with van der Waals surface area (Å²) >= 11 is 0. The van der Waals surface area contributed by atoms with Crippen LogP contribution in [-0.4, -0.2) is 86.3 Å². The molecule has 5 rings (SSSR count). The summed E-state index contributed by atoms with van der Waals surface area (Å²) in [7, 11) is 14.9. The summed E-state index contributed by atoms with van der Waals surface area (Å²) in [5.41, 5.74) is 9.71. The van der Waals surface area contributed by atoms with Crippen LogP contribution < -0.4 is 44.8 Å². The highest BCUT2D eigenvalue weighted by Crippen LogP contribution is 2.28. The molecule has 0 heterocycles. The number of hydrogen-bond donors (Lipinski definition) is 3. The van der Waals surface area contributed by atoms with Crippen molar-refractivity contribution in [2.45, 2.75) is 45.1 Å². The molecule has 2 amide bonds. The summed E-state index contributed by atoms with van der Waals surface area (Å²) in [6.45, 7) is 0.934. The van der Waals surface area contributed by atoms with Crippen molar-refractivity contribution in [1.82, 2.24) is 21.1 Å². The molecule has 14 nitrogen and oxygen atoms in total. The molecule has 0 bridgehead atoms. The van der Waals surface area contributed by atoms with Crippen molar-refractivity contribution in [2.75, 3.05) is 66.3 Å². The molecule has 0 fully saturated rings. The van der Waals surface area contributed by atoms with Gasteiger partial charge in [-0.05, 0) is 88.5 Å². The zero-order chi connectivity index (χ0) is 43.7. The van der Waals surface area contributed by atoms with E-state index >= 15 is 0 Å². The third-order valence-electron chi connectivity index (χ3n) is 9.45. The van der Waals surface area contributed by atoms with E-state index < -0.39 is 24.8 Å². The summed E-state index contributed by atoms with van der Waals surface area (Å²) in [6.07, 6.45) is -2.93. The summed E-state index contributed by atoms with van der Waals surface area (Å²) in [5, 5.41) is 7.52. The minimum Gasteiger partial charge on any atom is -0.497 e. The van der Waals surface area contributed by atoms with Crippen molar-refractivity contribution in [3.63, 3.8) is 0 Å². The van der Waals surface area contributed by atoms with Crippen LogP contribution in [0.2, 0.25) is 0 Å². The van der Waals surface area contributed by atoms with Crippen LogP contribution in [0.4, 0.5) is 21.0 Å². The fraction of sp³-hybridized carbons (Fsp3) is 0.319. The second-order valence-corrected chi connectivity index (χ2v) is 14.9. The molecule has 5 aromatic rings. The monoisotopic (exact) mass is 834 g/mol. The molecule has 0 aliphatic rings. The standard InChI is InChI=1S/C47H58N6O8/c1-51(2)38-17-9-35(10-18-38)30-48-46(54)60-44(27-33-13-21-40(56-7)22-14-33)58-42-25-37(32-50-53(5)6)26-43(29-42)59-45(28-34-15-23-41(57-8)24-16-34)61-47(55)49-31-36-11-19-39(20-12-36)52(3)4/h9-26,29,44-45,50H,27-28,30-32H2,1-8H3,(H,48,54)(H,49,55). The topological polar surface area (TPSA) is 135 Å². The Hall–Kier alpha value is -6.64. The molecule has 0 aromatic heterocycles. The normalized spacial score (nSPS) is 11.8. The van der Waals surface area contributed by atoms with Crippen molar-refractivity contribution in [2.24, 2.45) is 0 Å². The highest BCUT2D eigenvalue weighted by molar-refractivity contribution is 5.68. The molecule has 324 valence electrons. The van der Waals surface area contributed by atoms with Gasteiger partial charge in [0.25, 0.3) is 0 Å². The van der Waals surface area contributed by atoms with Crippen molar-refractivity contribution in [3.05, 3.63) is 143 Å². The fourth-order valence-electron chi connectivity index (χ4n) is 6.04. The van der Waals surface area contributed by atoms with Crippen molar-refractivity contribution < 1.29 is 38.0 Å². The third-order valence-corrected chi connectivity index (χ3v) is 9.45. The van der Waals surface area contributed by atoms with Crippen molar-refractivity contribution in [1.29, 1.82) is 0 Å². The summed E-state index contributed by atoms with van der Waals surface area (Å²) in [6, 6.07) is 36.0. The van der Waals surface area contributed by atoms with Gasteiger partial charge in [-0.25, -0.2) is 9.59 Å². The number of methoxy groups -OCH3 is 2. The number of carbonyl (C=O) groups is 2. The number of hydrazine groups is 1. The lowest BCUT2D eigenvalue weighted by Gasteiger charge is -2.23. The molecular weight excluding hydrogens is 777 g/mol. The molecule has 2 unspecified atom stereocenters. The number of nitrogens with one attached hydrogen (secondary N) is 3. The van der Waals surface area contributed by atoms with E-state index in [-0.39, 0.29) is 25.9 Å². The van der Waals surface area contributed by atoms with Gasteiger partial charge in [-0.15, -0.1) is 0 Å². The predicted octanol–water partition coefficient (Wildman–Crippen LogP) is 7.15. The van der Waals surface area contributed by atoms with E-state index in [0.717, 1.165) is 39.2 Å². The van der Waals surface area contributed by atoms with E-state index in [0.29, 0.717) is 29.5 Å². The molecule has 0 spiro atoms. The lowest BCUT2D eigenvalue weighted by molar-refractivity contribution is -0.0351. The van der Waals surface area contributed by atoms with Crippen LogP contribution in [0.3, 0.4) is 0 Å². The fourth-order valence-corrected chi connectivity index (χ4v) is 6.04. The second kappa shape index (κ2) is 22.7. The number of rotatable bonds is 21. The Bertz CT molecular complexity index is 1970. The van der Waals surface area contributed by atoms with E-state index in [1.54, 1.807) is 20.3 Å². The first-order chi connectivity index (χ1) is 29.3. The first-order valence-electron chi connectivity index (χ1n) is 19.9. The molecule has 5 aromatic carbocycles. The van der Waals surface area contributed by atoms with Gasteiger partial charge < -0.3 is 48.9 Å². The highest BCUT2D eigenvalue weighted by atomic mass is 16.7. The Morgan fingerprint density at radius 2 is 0.852 bits per heavy atom. The number of hydrogen-bond acceptors (Lipinski definition) is 12. The lowest BCUT2D eigenvalue weighted by atomic mass is 10.1. The highest BCUT2D eigenvalue weighted by Gasteiger charge is 2.22. The Morgan fingerprint density at radius 3 is 1.20 bits per heavy atom. The van der Waals surface area contributed by atoms with Crippen LogP contribution in [-0.2, 0) is 41.9 Å². The molecule has 61 heavy (non-hydrogen) atoms. The number of nitrogens with zero attached hydrogens (tertiary/aromatic N) is 3. The minimum atomic E-state index is -1.04. The number of carbonyl (C=O) groups excluding carboxylic acids is 2. The Labute approximate surface area is 359 Å².